The van der Waals surface area contributed by atoms with Gasteiger partial charge < -0.3 is 20.3 Å². The molecule has 3 rings (SSSR count). The van der Waals surface area contributed by atoms with Crippen LogP contribution in [-0.4, -0.2) is 35.3 Å². The normalized spacial score (nSPS) is 13.6. The van der Waals surface area contributed by atoms with Crippen LogP contribution in [0.15, 0.2) is 30.3 Å². The highest BCUT2D eigenvalue weighted by molar-refractivity contribution is 7.80. The summed E-state index contributed by atoms with van der Waals surface area (Å²) in [6.07, 6.45) is 2.32. The third-order valence-corrected chi connectivity index (χ3v) is 4.17. The van der Waals surface area contributed by atoms with Gasteiger partial charge in [-0.2, -0.15) is 9.97 Å². The summed E-state index contributed by atoms with van der Waals surface area (Å²) < 4.78 is 18.2. The number of methoxy groups -OCH3 is 1. The van der Waals surface area contributed by atoms with Crippen LogP contribution in [0.3, 0.4) is 0 Å². The fraction of sp³-hybridized carbons (Fsp3) is 0.353. The maximum Gasteiger partial charge on any atom is 0.234 e. The Hall–Kier alpha value is -2.48. The molecule has 0 unspecified atom stereocenters. The second-order valence-electron chi connectivity index (χ2n) is 5.72. The molecule has 1 fully saturated rings. The van der Waals surface area contributed by atoms with E-state index in [0.717, 1.165) is 37.3 Å². The maximum absolute atomic E-state index is 12.9. The monoisotopic (exact) mass is 361 g/mol. The molecule has 1 aromatic carbocycles. The van der Waals surface area contributed by atoms with E-state index in [1.807, 2.05) is 6.07 Å². The summed E-state index contributed by atoms with van der Waals surface area (Å²) >= 11 is 5.29. The topological polar surface area (TPSA) is 62.3 Å². The Morgan fingerprint density at radius 1 is 1.24 bits per heavy atom. The molecule has 25 heavy (non-hydrogen) atoms. The highest BCUT2D eigenvalue weighted by Gasteiger charge is 2.16. The van der Waals surface area contributed by atoms with Crippen molar-refractivity contribution in [2.45, 2.75) is 19.4 Å². The van der Waals surface area contributed by atoms with Crippen molar-refractivity contribution in [3.63, 3.8) is 0 Å². The lowest BCUT2D eigenvalue weighted by Gasteiger charge is -2.18. The molecular weight excluding hydrogens is 341 g/mol. The van der Waals surface area contributed by atoms with E-state index < -0.39 is 0 Å². The van der Waals surface area contributed by atoms with Gasteiger partial charge in [-0.3, -0.25) is 0 Å². The van der Waals surface area contributed by atoms with E-state index in [2.05, 4.69) is 25.5 Å². The zero-order chi connectivity index (χ0) is 17.6. The first-order chi connectivity index (χ1) is 12.1. The van der Waals surface area contributed by atoms with Crippen molar-refractivity contribution < 1.29 is 9.13 Å². The third-order valence-electron chi connectivity index (χ3n) is 3.92. The Morgan fingerprint density at radius 2 is 1.96 bits per heavy atom. The molecule has 6 nitrogen and oxygen atoms in total. The molecular formula is C17H20FN5OS. The minimum Gasteiger partial charge on any atom is -0.481 e. The summed E-state index contributed by atoms with van der Waals surface area (Å²) in [4.78, 5) is 11.0. The van der Waals surface area contributed by atoms with E-state index in [0.29, 0.717) is 23.5 Å². The van der Waals surface area contributed by atoms with Gasteiger partial charge in [0.25, 0.3) is 0 Å². The van der Waals surface area contributed by atoms with E-state index in [-0.39, 0.29) is 5.82 Å². The smallest absolute Gasteiger partial charge is 0.234 e. The first kappa shape index (κ1) is 17.3. The fourth-order valence-electron chi connectivity index (χ4n) is 2.61. The zero-order valence-corrected chi connectivity index (χ0v) is 14.8. The number of rotatable bonds is 5. The van der Waals surface area contributed by atoms with Gasteiger partial charge in [-0.05, 0) is 42.8 Å². The first-order valence-corrected chi connectivity index (χ1v) is 8.52. The first-order valence-electron chi connectivity index (χ1n) is 8.11. The number of aromatic nitrogens is 2. The van der Waals surface area contributed by atoms with Crippen LogP contribution in [0.5, 0.6) is 5.88 Å². The Labute approximate surface area is 151 Å². The van der Waals surface area contributed by atoms with Crippen LogP contribution in [0, 0.1) is 5.82 Å². The second kappa shape index (κ2) is 8.06. The van der Waals surface area contributed by atoms with Crippen molar-refractivity contribution >= 4 is 29.1 Å². The van der Waals surface area contributed by atoms with E-state index >= 15 is 0 Å². The van der Waals surface area contributed by atoms with Gasteiger partial charge in [0.05, 0.1) is 7.11 Å². The summed E-state index contributed by atoms with van der Waals surface area (Å²) in [5.74, 6) is 1.44. The molecule has 2 N–H and O–H groups in total. The Kier molecular flexibility index (Phi) is 5.60. The molecule has 0 atom stereocenters. The van der Waals surface area contributed by atoms with Gasteiger partial charge in [-0.25, -0.2) is 4.39 Å². The predicted molar refractivity (Wildman–Crippen MR) is 99.5 cm³/mol. The Balaban J connectivity index is 1.63. The summed E-state index contributed by atoms with van der Waals surface area (Å²) in [5.41, 5.74) is 0.926. The number of hydrogen-bond acceptors (Lipinski definition) is 5. The number of hydrogen-bond donors (Lipinski definition) is 2. The second-order valence-corrected chi connectivity index (χ2v) is 6.13. The van der Waals surface area contributed by atoms with E-state index in [1.54, 1.807) is 19.2 Å². The lowest BCUT2D eigenvalue weighted by Crippen LogP contribution is -2.29. The molecule has 1 aliphatic heterocycles. The molecule has 0 aliphatic carbocycles. The molecule has 0 bridgehead atoms. The van der Waals surface area contributed by atoms with Crippen LogP contribution in [0.25, 0.3) is 0 Å². The minimum absolute atomic E-state index is 0.260. The van der Waals surface area contributed by atoms with Crippen LogP contribution < -0.4 is 20.3 Å². The van der Waals surface area contributed by atoms with Gasteiger partial charge in [-0.1, -0.05) is 12.1 Å². The molecule has 132 valence electrons. The van der Waals surface area contributed by atoms with E-state index in [1.165, 1.54) is 12.1 Å². The van der Waals surface area contributed by atoms with Crippen molar-refractivity contribution in [1.29, 1.82) is 0 Å². The molecule has 1 aliphatic rings. The summed E-state index contributed by atoms with van der Waals surface area (Å²) in [6, 6.07) is 8.07. The zero-order valence-electron chi connectivity index (χ0n) is 14.0. The molecule has 2 aromatic rings. The van der Waals surface area contributed by atoms with Crippen molar-refractivity contribution in [3.8, 4) is 5.88 Å². The molecule has 0 radical (unpaired) electrons. The third kappa shape index (κ3) is 4.76. The quantitative estimate of drug-likeness (QED) is 0.794. The molecule has 1 aromatic heterocycles. The summed E-state index contributed by atoms with van der Waals surface area (Å²) in [6.45, 7) is 2.44. The van der Waals surface area contributed by atoms with Gasteiger partial charge in [-0.15, -0.1) is 0 Å². The standard InChI is InChI=1S/C17H20FN5OS/c1-24-15-10-14(23-8-2-3-9-23)20-16(21-15)22-17(25)19-11-12-4-6-13(18)7-5-12/h4-7,10H,2-3,8-9,11H2,1H3,(H2,19,20,21,22,25). The average molecular weight is 361 g/mol. The maximum atomic E-state index is 12.9. The number of anilines is 2. The molecule has 8 heteroatoms. The van der Waals surface area contributed by atoms with Gasteiger partial charge in [0.1, 0.15) is 11.6 Å². The largest absolute Gasteiger partial charge is 0.481 e. The van der Waals surface area contributed by atoms with Gasteiger partial charge in [0.2, 0.25) is 11.8 Å². The predicted octanol–water partition coefficient (Wildman–Crippen LogP) is 2.71. The lowest BCUT2D eigenvalue weighted by atomic mass is 10.2. The average Bonchev–Trinajstić information content (AvgIpc) is 3.15. The Morgan fingerprint density at radius 3 is 2.64 bits per heavy atom. The molecule has 0 amide bonds. The van der Waals surface area contributed by atoms with Gasteiger partial charge in [0.15, 0.2) is 5.11 Å². The van der Waals surface area contributed by atoms with Gasteiger partial charge >= 0.3 is 0 Å². The van der Waals surface area contributed by atoms with E-state index in [9.17, 15) is 4.39 Å². The van der Waals surface area contributed by atoms with Crippen LogP contribution in [0.4, 0.5) is 16.2 Å². The number of thiocarbonyl (C=S) groups is 1. The van der Waals surface area contributed by atoms with Gasteiger partial charge in [0, 0.05) is 25.7 Å². The number of ether oxygens (including phenoxy) is 1. The number of halogens is 1. The van der Waals surface area contributed by atoms with Crippen LogP contribution in [0.1, 0.15) is 18.4 Å². The van der Waals surface area contributed by atoms with E-state index in [4.69, 9.17) is 17.0 Å². The fourth-order valence-corrected chi connectivity index (χ4v) is 2.78. The van der Waals surface area contributed by atoms with Crippen LogP contribution >= 0.6 is 12.2 Å². The van der Waals surface area contributed by atoms with Crippen molar-refractivity contribution in [2.75, 3.05) is 30.4 Å². The summed E-state index contributed by atoms with van der Waals surface area (Å²) in [7, 11) is 1.57. The van der Waals surface area contributed by atoms with Crippen LogP contribution in [0.2, 0.25) is 0 Å². The van der Waals surface area contributed by atoms with Crippen molar-refractivity contribution in [2.24, 2.45) is 0 Å². The van der Waals surface area contributed by atoms with Crippen molar-refractivity contribution in [3.05, 3.63) is 41.7 Å². The SMILES string of the molecule is COc1cc(N2CCCC2)nc(NC(=S)NCc2ccc(F)cc2)n1. The number of benzene rings is 1. The molecule has 0 saturated carbocycles. The highest BCUT2D eigenvalue weighted by Crippen LogP contribution is 2.23. The highest BCUT2D eigenvalue weighted by atomic mass is 32.1. The Bertz CT molecular complexity index is 734. The minimum atomic E-state index is -0.260. The van der Waals surface area contributed by atoms with Crippen molar-refractivity contribution in [1.82, 2.24) is 15.3 Å². The molecule has 2 heterocycles. The number of nitrogens with one attached hydrogen (secondary N) is 2. The molecule has 0 spiro atoms. The molecule has 1 saturated heterocycles. The number of nitrogens with zero attached hydrogens (tertiary/aromatic N) is 3. The lowest BCUT2D eigenvalue weighted by molar-refractivity contribution is 0.397. The summed E-state index contributed by atoms with van der Waals surface area (Å²) in [5, 5.41) is 6.43. The van der Waals surface area contributed by atoms with Crippen LogP contribution in [-0.2, 0) is 6.54 Å².